The van der Waals surface area contributed by atoms with Crippen LogP contribution in [0.15, 0.2) is 30.3 Å². The Kier molecular flexibility index (Phi) is 3.38. The van der Waals surface area contributed by atoms with Gasteiger partial charge in [0, 0.05) is 18.0 Å². The molecule has 1 atom stereocenters. The fourth-order valence-corrected chi connectivity index (χ4v) is 3.18. The first-order valence-corrected chi connectivity index (χ1v) is 8.12. The summed E-state index contributed by atoms with van der Waals surface area (Å²) in [7, 11) is 0. The van der Waals surface area contributed by atoms with E-state index in [4.69, 9.17) is 10.2 Å². The van der Waals surface area contributed by atoms with Gasteiger partial charge in [0.1, 0.15) is 11.9 Å². The molecule has 5 heteroatoms. The van der Waals surface area contributed by atoms with Crippen LogP contribution in [0.2, 0.25) is 0 Å². The van der Waals surface area contributed by atoms with Crippen LogP contribution in [-0.4, -0.2) is 29.5 Å². The number of nitrogens with one attached hydrogen (secondary N) is 1. The van der Waals surface area contributed by atoms with Crippen LogP contribution in [0.3, 0.4) is 0 Å². The molecular weight excluding hydrogens is 288 g/mol. The van der Waals surface area contributed by atoms with E-state index in [0.717, 1.165) is 48.9 Å². The van der Waals surface area contributed by atoms with E-state index in [1.165, 1.54) is 0 Å². The summed E-state index contributed by atoms with van der Waals surface area (Å²) in [5, 5.41) is 13.0. The molecular formula is C18H18N4O. The number of carbonyl (C=O) groups excluding carboxylic acids is 1. The van der Waals surface area contributed by atoms with Crippen molar-refractivity contribution in [1.29, 1.82) is 5.26 Å². The molecule has 1 aliphatic heterocycles. The second-order valence-electron chi connectivity index (χ2n) is 6.32. The summed E-state index contributed by atoms with van der Waals surface area (Å²) in [5.74, 6) is 0.974. The lowest BCUT2D eigenvalue weighted by Gasteiger charge is -2.25. The fraction of sp³-hybridized carbons (Fsp3) is 0.389. The highest BCUT2D eigenvalue weighted by molar-refractivity contribution is 5.87. The Morgan fingerprint density at radius 1 is 1.26 bits per heavy atom. The van der Waals surface area contributed by atoms with Crippen molar-refractivity contribution in [2.45, 2.75) is 37.8 Å². The van der Waals surface area contributed by atoms with Gasteiger partial charge in [0.25, 0.3) is 0 Å². The Labute approximate surface area is 134 Å². The summed E-state index contributed by atoms with van der Waals surface area (Å²) in [5.41, 5.74) is 1.49. The molecule has 0 radical (unpaired) electrons. The molecule has 1 saturated heterocycles. The average molecular weight is 306 g/mol. The van der Waals surface area contributed by atoms with Crippen molar-refractivity contribution >= 4 is 22.6 Å². The molecule has 2 fully saturated rings. The summed E-state index contributed by atoms with van der Waals surface area (Å²) < 4.78 is 0. The predicted molar refractivity (Wildman–Crippen MR) is 88.0 cm³/mol. The summed E-state index contributed by atoms with van der Waals surface area (Å²) in [6.07, 6.45) is 4.10. The lowest BCUT2D eigenvalue weighted by molar-refractivity contribution is -0.122. The van der Waals surface area contributed by atoms with E-state index in [2.05, 4.69) is 16.3 Å². The number of rotatable bonds is 3. The number of hydrogen-bond donors (Lipinski definition) is 1. The van der Waals surface area contributed by atoms with Gasteiger partial charge in [-0.25, -0.2) is 4.98 Å². The van der Waals surface area contributed by atoms with Gasteiger partial charge in [-0.05, 0) is 56.0 Å². The summed E-state index contributed by atoms with van der Waals surface area (Å²) in [6, 6.07) is 11.8. The minimum Gasteiger partial charge on any atom is -0.352 e. The lowest BCUT2D eigenvalue weighted by atomic mass is 10.1. The SMILES string of the molecule is N#Cc1ccc2nc(N3CCC[C@@H]3C(=O)NC3CC3)ccc2c1. The Morgan fingerprint density at radius 2 is 2.13 bits per heavy atom. The van der Waals surface area contributed by atoms with Crippen molar-refractivity contribution in [2.24, 2.45) is 0 Å². The standard InChI is InChI=1S/C18H18N4O/c19-11-12-3-7-15-13(10-12)4-8-17(21-15)22-9-1-2-16(22)18(23)20-14-5-6-14/h3-4,7-8,10,14,16H,1-2,5-6,9H2,(H,20,23)/t16-/m1/s1. The first kappa shape index (κ1) is 14.0. The van der Waals surface area contributed by atoms with Crippen LogP contribution < -0.4 is 10.2 Å². The van der Waals surface area contributed by atoms with Gasteiger partial charge in [-0.2, -0.15) is 5.26 Å². The van der Waals surface area contributed by atoms with E-state index in [0.29, 0.717) is 11.6 Å². The van der Waals surface area contributed by atoms with E-state index < -0.39 is 0 Å². The number of carbonyl (C=O) groups is 1. The highest BCUT2D eigenvalue weighted by Crippen LogP contribution is 2.27. The molecule has 23 heavy (non-hydrogen) atoms. The average Bonchev–Trinajstić information content (AvgIpc) is 3.25. The first-order chi connectivity index (χ1) is 11.2. The Balaban J connectivity index is 1.61. The molecule has 0 spiro atoms. The number of anilines is 1. The van der Waals surface area contributed by atoms with Gasteiger partial charge in [0.15, 0.2) is 0 Å². The maximum absolute atomic E-state index is 12.4. The Hall–Kier alpha value is -2.61. The van der Waals surface area contributed by atoms with Crippen LogP contribution in [0.4, 0.5) is 5.82 Å². The molecule has 1 saturated carbocycles. The van der Waals surface area contributed by atoms with Crippen LogP contribution in [0.25, 0.3) is 10.9 Å². The van der Waals surface area contributed by atoms with Gasteiger partial charge >= 0.3 is 0 Å². The fourth-order valence-electron chi connectivity index (χ4n) is 3.18. The second-order valence-corrected chi connectivity index (χ2v) is 6.32. The van der Waals surface area contributed by atoms with Crippen molar-refractivity contribution < 1.29 is 4.79 Å². The molecule has 0 unspecified atom stereocenters. The summed E-state index contributed by atoms with van der Waals surface area (Å²) >= 11 is 0. The number of fused-ring (bicyclic) bond motifs is 1. The number of amides is 1. The highest BCUT2D eigenvalue weighted by Gasteiger charge is 2.34. The Morgan fingerprint density at radius 3 is 2.91 bits per heavy atom. The van der Waals surface area contributed by atoms with E-state index in [1.807, 2.05) is 24.3 Å². The smallest absolute Gasteiger partial charge is 0.242 e. The van der Waals surface area contributed by atoms with Gasteiger partial charge in [-0.3, -0.25) is 4.79 Å². The maximum Gasteiger partial charge on any atom is 0.242 e. The molecule has 1 amide bonds. The van der Waals surface area contributed by atoms with Crippen LogP contribution in [-0.2, 0) is 4.79 Å². The summed E-state index contributed by atoms with van der Waals surface area (Å²) in [6.45, 7) is 0.859. The third kappa shape index (κ3) is 2.72. The van der Waals surface area contributed by atoms with Crippen molar-refractivity contribution in [1.82, 2.24) is 10.3 Å². The van der Waals surface area contributed by atoms with Crippen LogP contribution in [0.5, 0.6) is 0 Å². The third-order valence-corrected chi connectivity index (χ3v) is 4.58. The predicted octanol–water partition coefficient (Wildman–Crippen LogP) is 2.35. The van der Waals surface area contributed by atoms with E-state index >= 15 is 0 Å². The molecule has 1 aromatic heterocycles. The zero-order valence-electron chi connectivity index (χ0n) is 12.8. The zero-order chi connectivity index (χ0) is 15.8. The largest absolute Gasteiger partial charge is 0.352 e. The molecule has 2 aromatic rings. The van der Waals surface area contributed by atoms with Crippen molar-refractivity contribution in [3.05, 3.63) is 35.9 Å². The van der Waals surface area contributed by atoms with Crippen LogP contribution in [0, 0.1) is 11.3 Å². The molecule has 0 bridgehead atoms. The zero-order valence-corrected chi connectivity index (χ0v) is 12.8. The Bertz CT molecular complexity index is 806. The normalized spacial score (nSPS) is 20.5. The molecule has 1 aromatic carbocycles. The number of benzene rings is 1. The molecule has 1 N–H and O–H groups in total. The minimum absolute atomic E-state index is 0.112. The van der Waals surface area contributed by atoms with E-state index in [9.17, 15) is 4.79 Å². The molecule has 4 rings (SSSR count). The first-order valence-electron chi connectivity index (χ1n) is 8.12. The number of nitriles is 1. The molecule has 2 aliphatic rings. The van der Waals surface area contributed by atoms with Gasteiger partial charge < -0.3 is 10.2 Å². The molecule has 116 valence electrons. The van der Waals surface area contributed by atoms with Crippen molar-refractivity contribution in [3.8, 4) is 6.07 Å². The third-order valence-electron chi connectivity index (χ3n) is 4.58. The number of pyridine rings is 1. The maximum atomic E-state index is 12.4. The number of aromatic nitrogens is 1. The van der Waals surface area contributed by atoms with E-state index in [1.54, 1.807) is 6.07 Å². The van der Waals surface area contributed by atoms with Crippen LogP contribution >= 0.6 is 0 Å². The number of hydrogen-bond acceptors (Lipinski definition) is 4. The van der Waals surface area contributed by atoms with E-state index in [-0.39, 0.29) is 11.9 Å². The molecule has 1 aliphatic carbocycles. The highest BCUT2D eigenvalue weighted by atomic mass is 16.2. The monoisotopic (exact) mass is 306 g/mol. The van der Waals surface area contributed by atoms with Gasteiger partial charge in [-0.15, -0.1) is 0 Å². The van der Waals surface area contributed by atoms with Crippen molar-refractivity contribution in [3.63, 3.8) is 0 Å². The second kappa shape index (κ2) is 5.54. The summed E-state index contributed by atoms with van der Waals surface area (Å²) in [4.78, 5) is 19.2. The molecule has 2 heterocycles. The van der Waals surface area contributed by atoms with Gasteiger partial charge in [0.05, 0.1) is 17.1 Å². The molecule has 5 nitrogen and oxygen atoms in total. The lowest BCUT2D eigenvalue weighted by Crippen LogP contribution is -2.44. The van der Waals surface area contributed by atoms with Gasteiger partial charge in [0.2, 0.25) is 5.91 Å². The van der Waals surface area contributed by atoms with Crippen molar-refractivity contribution in [2.75, 3.05) is 11.4 Å². The van der Waals surface area contributed by atoms with Gasteiger partial charge in [-0.1, -0.05) is 0 Å². The number of nitrogens with zero attached hydrogens (tertiary/aromatic N) is 3. The minimum atomic E-state index is -0.112. The topological polar surface area (TPSA) is 69.0 Å². The van der Waals surface area contributed by atoms with Crippen LogP contribution in [0.1, 0.15) is 31.2 Å². The quantitative estimate of drug-likeness (QED) is 0.945.